The number of amides is 1. The normalized spacial score (nSPS) is 14.3. The molecule has 6 heteroatoms. The number of hydrogen-bond donors (Lipinski definition) is 1. The van der Waals surface area contributed by atoms with Gasteiger partial charge in [0.2, 0.25) is 5.91 Å². The van der Waals surface area contributed by atoms with Crippen molar-refractivity contribution in [1.29, 1.82) is 0 Å². The number of benzene rings is 3. The Morgan fingerprint density at radius 1 is 1.03 bits per heavy atom. The number of aryl methyl sites for hydroxylation is 3. The molecule has 1 heterocycles. The number of carbonyl (C=O) groups is 1. The van der Waals surface area contributed by atoms with Gasteiger partial charge in [0.1, 0.15) is 12.1 Å². The number of nitrogens with one attached hydrogen (secondary N) is 1. The van der Waals surface area contributed by atoms with Crippen molar-refractivity contribution in [1.82, 2.24) is 9.97 Å². The van der Waals surface area contributed by atoms with E-state index in [0.717, 1.165) is 52.7 Å². The molecule has 1 aromatic heterocycles. The molecule has 0 atom stereocenters. The zero-order valence-electron chi connectivity index (χ0n) is 20.8. The van der Waals surface area contributed by atoms with Crippen molar-refractivity contribution in [2.24, 2.45) is 10.4 Å². The van der Waals surface area contributed by atoms with Crippen LogP contribution in [0.2, 0.25) is 0 Å². The average Bonchev–Trinajstić information content (AvgIpc) is 3.66. The van der Waals surface area contributed by atoms with Crippen LogP contribution >= 0.6 is 0 Å². The maximum absolute atomic E-state index is 13.1. The zero-order valence-corrected chi connectivity index (χ0v) is 20.8. The summed E-state index contributed by atoms with van der Waals surface area (Å²) in [4.78, 5) is 26.5. The summed E-state index contributed by atoms with van der Waals surface area (Å²) in [5, 5.41) is 4.15. The largest absolute Gasteiger partial charge is 0.325 e. The van der Waals surface area contributed by atoms with Gasteiger partial charge in [-0.3, -0.25) is 9.79 Å². The lowest BCUT2D eigenvalue weighted by atomic mass is 9.97. The molecular weight excluding hydrogens is 451 g/mol. The predicted octanol–water partition coefficient (Wildman–Crippen LogP) is 6.66. The lowest BCUT2D eigenvalue weighted by Crippen LogP contribution is -2.25. The second kappa shape index (κ2) is 9.61. The second-order valence-electron chi connectivity index (χ2n) is 9.63. The van der Waals surface area contributed by atoms with Crippen molar-refractivity contribution in [2.45, 2.75) is 46.5 Å². The molecule has 5 nitrogen and oxygen atoms in total. The highest BCUT2D eigenvalue weighted by atomic mass is 19.1. The number of anilines is 1. The number of carbonyl (C=O) groups excluding carboxylic acids is 1. The molecule has 5 rings (SSSR count). The topological polar surface area (TPSA) is 67.2 Å². The average molecular weight is 481 g/mol. The van der Waals surface area contributed by atoms with Gasteiger partial charge in [-0.2, -0.15) is 0 Å². The van der Waals surface area contributed by atoms with Gasteiger partial charge in [-0.25, -0.2) is 14.4 Å². The van der Waals surface area contributed by atoms with Crippen molar-refractivity contribution < 1.29 is 9.18 Å². The highest BCUT2D eigenvalue weighted by Crippen LogP contribution is 2.45. The van der Waals surface area contributed by atoms with Crippen molar-refractivity contribution in [3.63, 3.8) is 0 Å². The third kappa shape index (κ3) is 4.89. The molecule has 1 amide bonds. The van der Waals surface area contributed by atoms with Crippen molar-refractivity contribution in [2.75, 3.05) is 5.32 Å². The number of halogens is 1. The van der Waals surface area contributed by atoms with Gasteiger partial charge in [0, 0.05) is 23.7 Å². The molecule has 0 radical (unpaired) electrons. The van der Waals surface area contributed by atoms with Gasteiger partial charge in [0.25, 0.3) is 0 Å². The quantitative estimate of drug-likeness (QED) is 0.301. The fraction of sp³-hybridized carbons (Fsp3) is 0.267. The molecule has 1 saturated carbocycles. The first-order valence-electron chi connectivity index (χ1n) is 12.3. The van der Waals surface area contributed by atoms with E-state index < -0.39 is 5.41 Å². The smallest absolute Gasteiger partial charge is 0.235 e. The Bertz CT molecular complexity index is 1470. The summed E-state index contributed by atoms with van der Waals surface area (Å²) in [7, 11) is 0. The predicted molar refractivity (Wildman–Crippen MR) is 142 cm³/mol. The highest BCUT2D eigenvalue weighted by Gasteiger charge is 2.48. The minimum Gasteiger partial charge on any atom is -0.325 e. The van der Waals surface area contributed by atoms with E-state index in [1.807, 2.05) is 12.1 Å². The lowest BCUT2D eigenvalue weighted by molar-refractivity contribution is -0.118. The number of aromatic nitrogens is 2. The first kappa shape index (κ1) is 23.8. The Labute approximate surface area is 210 Å². The number of hydrogen-bond acceptors (Lipinski definition) is 4. The van der Waals surface area contributed by atoms with Crippen LogP contribution in [0.4, 0.5) is 15.8 Å². The van der Waals surface area contributed by atoms with Crippen LogP contribution in [0.25, 0.3) is 10.9 Å². The van der Waals surface area contributed by atoms with Gasteiger partial charge in [0.15, 0.2) is 0 Å². The monoisotopic (exact) mass is 480 g/mol. The summed E-state index contributed by atoms with van der Waals surface area (Å²) in [5.74, 6) is -0.370. The third-order valence-corrected chi connectivity index (χ3v) is 7.04. The SMILES string of the molecule is CCc1cc2c(Cc3ccc(NC(=O)C4(C=Nc5ccc(F)cc5)CC4)cc3C)ncnc2cc1C. The van der Waals surface area contributed by atoms with Crippen molar-refractivity contribution >= 4 is 34.4 Å². The van der Waals surface area contributed by atoms with E-state index in [-0.39, 0.29) is 11.7 Å². The van der Waals surface area contributed by atoms with E-state index in [9.17, 15) is 9.18 Å². The van der Waals surface area contributed by atoms with Gasteiger partial charge in [-0.15, -0.1) is 0 Å². The van der Waals surface area contributed by atoms with E-state index in [1.165, 1.54) is 23.3 Å². The molecule has 3 aromatic carbocycles. The van der Waals surface area contributed by atoms with Crippen LogP contribution in [0.15, 0.2) is 65.9 Å². The summed E-state index contributed by atoms with van der Waals surface area (Å²) >= 11 is 0. The maximum atomic E-state index is 13.1. The number of aliphatic imine (C=N–C) groups is 1. The van der Waals surface area contributed by atoms with E-state index in [0.29, 0.717) is 12.1 Å². The summed E-state index contributed by atoms with van der Waals surface area (Å²) in [6.45, 7) is 6.34. The van der Waals surface area contributed by atoms with Gasteiger partial charge < -0.3 is 5.32 Å². The molecule has 0 aliphatic heterocycles. The van der Waals surface area contributed by atoms with Crippen LogP contribution in [0.1, 0.15) is 47.7 Å². The summed E-state index contributed by atoms with van der Waals surface area (Å²) in [6.07, 6.45) is 6.50. The van der Waals surface area contributed by atoms with Crippen LogP contribution in [-0.2, 0) is 17.6 Å². The van der Waals surface area contributed by atoms with Crippen LogP contribution in [0.3, 0.4) is 0 Å². The second-order valence-corrected chi connectivity index (χ2v) is 9.63. The van der Waals surface area contributed by atoms with Crippen molar-refractivity contribution in [3.8, 4) is 0 Å². The number of rotatable bonds is 7. The van der Waals surface area contributed by atoms with E-state index in [4.69, 9.17) is 0 Å². The summed E-state index contributed by atoms with van der Waals surface area (Å²) < 4.78 is 13.1. The number of nitrogens with zero attached hydrogens (tertiary/aromatic N) is 3. The van der Waals surface area contributed by atoms with Crippen LogP contribution < -0.4 is 5.32 Å². The van der Waals surface area contributed by atoms with Crippen LogP contribution in [0.5, 0.6) is 0 Å². The molecular formula is C30H29FN4O. The molecule has 0 saturated heterocycles. The Morgan fingerprint density at radius 2 is 1.78 bits per heavy atom. The van der Waals surface area contributed by atoms with E-state index in [2.05, 4.69) is 59.2 Å². The Balaban J connectivity index is 1.31. The summed E-state index contributed by atoms with van der Waals surface area (Å²) in [6, 6.07) is 16.3. The van der Waals surface area contributed by atoms with Gasteiger partial charge in [-0.05, 0) is 104 Å². The third-order valence-electron chi connectivity index (χ3n) is 7.04. The minimum atomic E-state index is -0.601. The Morgan fingerprint density at radius 3 is 2.47 bits per heavy atom. The highest BCUT2D eigenvalue weighted by molar-refractivity contribution is 6.08. The molecule has 182 valence electrons. The van der Waals surface area contributed by atoms with Gasteiger partial charge >= 0.3 is 0 Å². The minimum absolute atomic E-state index is 0.0650. The van der Waals surface area contributed by atoms with Gasteiger partial charge in [0.05, 0.1) is 22.3 Å². The molecule has 1 aliphatic carbocycles. The van der Waals surface area contributed by atoms with E-state index in [1.54, 1.807) is 24.7 Å². The van der Waals surface area contributed by atoms with Crippen LogP contribution in [0, 0.1) is 25.1 Å². The van der Waals surface area contributed by atoms with Crippen molar-refractivity contribution in [3.05, 3.63) is 94.7 Å². The standard InChI is InChI=1S/C30H29FN4O/c1-4-21-15-26-27(14-20(21)3)33-18-34-28(26)16-22-5-8-25(13-19(22)2)35-29(36)30(11-12-30)17-32-24-9-6-23(31)7-10-24/h5-10,13-15,17-18H,4,11-12,16H2,1-3H3,(H,35,36). The molecule has 0 bridgehead atoms. The zero-order chi connectivity index (χ0) is 25.3. The first-order chi connectivity index (χ1) is 17.4. The molecule has 0 spiro atoms. The molecule has 36 heavy (non-hydrogen) atoms. The molecule has 1 aliphatic rings. The molecule has 1 fully saturated rings. The molecule has 0 unspecified atom stereocenters. The summed E-state index contributed by atoms with van der Waals surface area (Å²) in [5.41, 5.74) is 7.57. The Hall–Kier alpha value is -3.93. The number of fused-ring (bicyclic) bond motifs is 1. The fourth-order valence-electron chi connectivity index (χ4n) is 4.51. The van der Waals surface area contributed by atoms with E-state index >= 15 is 0 Å². The Kier molecular flexibility index (Phi) is 6.35. The van der Waals surface area contributed by atoms with Gasteiger partial charge in [-0.1, -0.05) is 13.0 Å². The maximum Gasteiger partial charge on any atom is 0.235 e. The molecule has 4 aromatic rings. The fourth-order valence-corrected chi connectivity index (χ4v) is 4.51. The van der Waals surface area contributed by atoms with Crippen LogP contribution in [-0.4, -0.2) is 22.1 Å². The molecule has 1 N–H and O–H groups in total. The first-order valence-corrected chi connectivity index (χ1v) is 12.3. The lowest BCUT2D eigenvalue weighted by Gasteiger charge is -2.14.